The summed E-state index contributed by atoms with van der Waals surface area (Å²) in [5, 5.41) is 3.44. The molecule has 1 unspecified atom stereocenters. The normalized spacial score (nSPS) is 13.1. The van der Waals surface area contributed by atoms with Crippen LogP contribution in [0.2, 0.25) is 0 Å². The van der Waals surface area contributed by atoms with Crippen molar-refractivity contribution in [3.8, 4) is 0 Å². The largest absolute Gasteiger partial charge is 0.383 e. The summed E-state index contributed by atoms with van der Waals surface area (Å²) in [5.74, 6) is 0. The van der Waals surface area contributed by atoms with Crippen LogP contribution in [-0.4, -0.2) is 64.1 Å². The van der Waals surface area contributed by atoms with Gasteiger partial charge in [0.15, 0.2) is 0 Å². The van der Waals surface area contributed by atoms with Gasteiger partial charge in [0.2, 0.25) is 0 Å². The van der Waals surface area contributed by atoms with Gasteiger partial charge in [-0.1, -0.05) is 20.3 Å². The van der Waals surface area contributed by atoms with Crippen LogP contribution in [-0.2, 0) is 9.47 Å². The molecule has 1 atom stereocenters. The Morgan fingerprint density at radius 1 is 1.05 bits per heavy atom. The van der Waals surface area contributed by atoms with E-state index in [0.29, 0.717) is 6.04 Å². The van der Waals surface area contributed by atoms with E-state index in [4.69, 9.17) is 9.47 Å². The highest BCUT2D eigenvalue weighted by Crippen LogP contribution is 2.02. The molecular formula is C15H34N2O2. The standard InChI is InChI=1S/C15H34N2O2/c1-5-7-12-19-13-9-16-8-10-17(11-14-18-4)15(3)6-2/h15-16H,5-14H2,1-4H3. The topological polar surface area (TPSA) is 33.7 Å². The lowest BCUT2D eigenvalue weighted by Crippen LogP contribution is -2.40. The van der Waals surface area contributed by atoms with Gasteiger partial charge in [-0.3, -0.25) is 4.90 Å². The summed E-state index contributed by atoms with van der Waals surface area (Å²) < 4.78 is 10.7. The van der Waals surface area contributed by atoms with Crippen LogP contribution in [0.25, 0.3) is 0 Å². The number of nitrogens with zero attached hydrogens (tertiary/aromatic N) is 1. The van der Waals surface area contributed by atoms with E-state index >= 15 is 0 Å². The van der Waals surface area contributed by atoms with Crippen molar-refractivity contribution in [2.45, 2.75) is 46.1 Å². The zero-order chi connectivity index (χ0) is 14.3. The van der Waals surface area contributed by atoms with Crippen LogP contribution in [0.5, 0.6) is 0 Å². The smallest absolute Gasteiger partial charge is 0.0590 e. The molecule has 0 aromatic rings. The van der Waals surface area contributed by atoms with Crippen molar-refractivity contribution in [2.75, 3.05) is 53.1 Å². The molecule has 0 aromatic heterocycles. The lowest BCUT2D eigenvalue weighted by atomic mass is 10.2. The highest BCUT2D eigenvalue weighted by atomic mass is 16.5. The van der Waals surface area contributed by atoms with E-state index in [1.54, 1.807) is 7.11 Å². The Morgan fingerprint density at radius 3 is 2.47 bits per heavy atom. The van der Waals surface area contributed by atoms with Crippen LogP contribution in [0.3, 0.4) is 0 Å². The van der Waals surface area contributed by atoms with Gasteiger partial charge in [-0.15, -0.1) is 0 Å². The second-order valence-electron chi connectivity index (χ2n) is 5.00. The van der Waals surface area contributed by atoms with Crippen molar-refractivity contribution < 1.29 is 9.47 Å². The first-order valence-electron chi connectivity index (χ1n) is 7.77. The van der Waals surface area contributed by atoms with E-state index in [1.807, 2.05) is 0 Å². The molecule has 0 saturated carbocycles. The number of nitrogens with one attached hydrogen (secondary N) is 1. The van der Waals surface area contributed by atoms with Crippen molar-refractivity contribution in [2.24, 2.45) is 0 Å². The molecule has 0 rings (SSSR count). The van der Waals surface area contributed by atoms with Crippen molar-refractivity contribution in [3.63, 3.8) is 0 Å². The molecule has 0 aliphatic rings. The van der Waals surface area contributed by atoms with Crippen molar-refractivity contribution in [3.05, 3.63) is 0 Å². The molecule has 0 aliphatic carbocycles. The van der Waals surface area contributed by atoms with E-state index in [-0.39, 0.29) is 0 Å². The van der Waals surface area contributed by atoms with Gasteiger partial charge >= 0.3 is 0 Å². The summed E-state index contributed by atoms with van der Waals surface area (Å²) in [7, 11) is 1.76. The SMILES string of the molecule is CCCCOCCNCCN(CCOC)C(C)CC. The molecule has 116 valence electrons. The Morgan fingerprint density at radius 2 is 1.84 bits per heavy atom. The Balaban J connectivity index is 3.52. The van der Waals surface area contributed by atoms with Gasteiger partial charge < -0.3 is 14.8 Å². The maximum Gasteiger partial charge on any atom is 0.0590 e. The fourth-order valence-electron chi connectivity index (χ4n) is 1.86. The average Bonchev–Trinajstić information content (AvgIpc) is 2.44. The second kappa shape index (κ2) is 14.3. The zero-order valence-electron chi connectivity index (χ0n) is 13.4. The minimum absolute atomic E-state index is 0.623. The van der Waals surface area contributed by atoms with Crippen LogP contribution in [0.15, 0.2) is 0 Å². The summed E-state index contributed by atoms with van der Waals surface area (Å²) >= 11 is 0. The van der Waals surface area contributed by atoms with Gasteiger partial charge in [0, 0.05) is 45.9 Å². The number of unbranched alkanes of at least 4 members (excludes halogenated alkanes) is 1. The van der Waals surface area contributed by atoms with E-state index < -0.39 is 0 Å². The Labute approximate surface area is 119 Å². The molecule has 0 aromatic carbocycles. The average molecular weight is 274 g/mol. The summed E-state index contributed by atoms with van der Waals surface area (Å²) in [6, 6.07) is 0.623. The minimum Gasteiger partial charge on any atom is -0.383 e. The number of methoxy groups -OCH3 is 1. The van der Waals surface area contributed by atoms with Gasteiger partial charge in [0.05, 0.1) is 13.2 Å². The molecule has 0 heterocycles. The lowest BCUT2D eigenvalue weighted by Gasteiger charge is -2.28. The molecule has 0 aliphatic heterocycles. The van der Waals surface area contributed by atoms with E-state index in [9.17, 15) is 0 Å². The third-order valence-corrected chi connectivity index (χ3v) is 3.44. The Kier molecular flexibility index (Phi) is 14.1. The third kappa shape index (κ3) is 11.4. The first kappa shape index (κ1) is 18.8. The molecule has 0 amide bonds. The third-order valence-electron chi connectivity index (χ3n) is 3.44. The fraction of sp³-hybridized carbons (Fsp3) is 1.00. The van der Waals surface area contributed by atoms with Gasteiger partial charge in [-0.05, 0) is 19.8 Å². The summed E-state index contributed by atoms with van der Waals surface area (Å²) in [6.07, 6.45) is 3.56. The molecule has 0 fully saturated rings. The number of hydrogen-bond acceptors (Lipinski definition) is 4. The van der Waals surface area contributed by atoms with Gasteiger partial charge in [-0.25, -0.2) is 0 Å². The summed E-state index contributed by atoms with van der Waals surface area (Å²) in [5.41, 5.74) is 0. The molecule has 0 saturated heterocycles. The highest BCUT2D eigenvalue weighted by molar-refractivity contribution is 4.66. The van der Waals surface area contributed by atoms with Gasteiger partial charge in [0.1, 0.15) is 0 Å². The quantitative estimate of drug-likeness (QED) is 0.492. The van der Waals surface area contributed by atoms with Crippen molar-refractivity contribution in [1.82, 2.24) is 10.2 Å². The first-order valence-corrected chi connectivity index (χ1v) is 7.77. The molecule has 0 spiro atoms. The Hall–Kier alpha value is -0.160. The predicted molar refractivity (Wildman–Crippen MR) is 81.8 cm³/mol. The Bertz CT molecular complexity index is 180. The maximum atomic E-state index is 5.52. The number of ether oxygens (including phenoxy) is 2. The monoisotopic (exact) mass is 274 g/mol. The van der Waals surface area contributed by atoms with Gasteiger partial charge in [-0.2, -0.15) is 0 Å². The fourth-order valence-corrected chi connectivity index (χ4v) is 1.86. The molecule has 1 N–H and O–H groups in total. The van der Waals surface area contributed by atoms with Crippen LogP contribution in [0.4, 0.5) is 0 Å². The van der Waals surface area contributed by atoms with E-state index in [2.05, 4.69) is 31.0 Å². The maximum absolute atomic E-state index is 5.52. The number of hydrogen-bond donors (Lipinski definition) is 1. The highest BCUT2D eigenvalue weighted by Gasteiger charge is 2.10. The van der Waals surface area contributed by atoms with Crippen LogP contribution in [0, 0.1) is 0 Å². The predicted octanol–water partition coefficient (Wildman–Crippen LogP) is 2.14. The van der Waals surface area contributed by atoms with E-state index in [1.165, 1.54) is 19.3 Å². The molecule has 0 bridgehead atoms. The molecule has 19 heavy (non-hydrogen) atoms. The lowest BCUT2D eigenvalue weighted by molar-refractivity contribution is 0.118. The van der Waals surface area contributed by atoms with Crippen molar-refractivity contribution >= 4 is 0 Å². The molecule has 4 nitrogen and oxygen atoms in total. The summed E-state index contributed by atoms with van der Waals surface area (Å²) in [6.45, 7) is 13.3. The first-order chi connectivity index (χ1) is 9.26. The summed E-state index contributed by atoms with van der Waals surface area (Å²) in [4.78, 5) is 2.48. The second-order valence-corrected chi connectivity index (χ2v) is 5.00. The van der Waals surface area contributed by atoms with Gasteiger partial charge in [0.25, 0.3) is 0 Å². The van der Waals surface area contributed by atoms with Crippen molar-refractivity contribution in [1.29, 1.82) is 0 Å². The minimum atomic E-state index is 0.623. The molecule has 4 heteroatoms. The number of rotatable bonds is 14. The van der Waals surface area contributed by atoms with Crippen LogP contribution < -0.4 is 5.32 Å². The zero-order valence-corrected chi connectivity index (χ0v) is 13.4. The van der Waals surface area contributed by atoms with Crippen LogP contribution in [0.1, 0.15) is 40.0 Å². The van der Waals surface area contributed by atoms with Crippen LogP contribution >= 0.6 is 0 Å². The van der Waals surface area contributed by atoms with E-state index in [0.717, 1.165) is 46.0 Å². The molecule has 0 radical (unpaired) electrons. The molecular weight excluding hydrogens is 240 g/mol.